The first kappa shape index (κ1) is 12.4. The van der Waals surface area contributed by atoms with E-state index < -0.39 is 0 Å². The van der Waals surface area contributed by atoms with Gasteiger partial charge in [0.15, 0.2) is 5.78 Å². The fraction of sp³-hybridized carbons (Fsp3) is 0.769. The fourth-order valence-corrected chi connectivity index (χ4v) is 2.19. The monoisotopic (exact) mass is 210 g/mol. The molecule has 0 N–H and O–H groups in total. The Morgan fingerprint density at radius 3 is 2.67 bits per heavy atom. The summed E-state index contributed by atoms with van der Waals surface area (Å²) in [5, 5.41) is 0. The summed E-state index contributed by atoms with van der Waals surface area (Å²) in [6.07, 6.45) is 4.59. The van der Waals surface area contributed by atoms with Gasteiger partial charge < -0.3 is 4.74 Å². The molecular weight excluding hydrogens is 188 g/mol. The van der Waals surface area contributed by atoms with Crippen molar-refractivity contribution in [3.05, 3.63) is 11.6 Å². The number of hydrogen-bond donors (Lipinski definition) is 0. The summed E-state index contributed by atoms with van der Waals surface area (Å²) in [5.74, 6) is 0.749. The van der Waals surface area contributed by atoms with Gasteiger partial charge in [-0.1, -0.05) is 26.3 Å². The summed E-state index contributed by atoms with van der Waals surface area (Å²) in [6.45, 7) is 7.29. The van der Waals surface area contributed by atoms with E-state index in [1.807, 2.05) is 6.08 Å². The zero-order chi connectivity index (χ0) is 11.5. The number of rotatable bonds is 4. The fourth-order valence-electron chi connectivity index (χ4n) is 2.19. The van der Waals surface area contributed by atoms with Gasteiger partial charge in [0.05, 0.1) is 0 Å². The van der Waals surface area contributed by atoms with Crippen molar-refractivity contribution in [2.24, 2.45) is 11.3 Å². The molecule has 0 amide bonds. The number of hydrogen-bond acceptors (Lipinski definition) is 2. The van der Waals surface area contributed by atoms with E-state index in [0.717, 1.165) is 19.4 Å². The Morgan fingerprint density at radius 2 is 2.13 bits per heavy atom. The lowest BCUT2D eigenvalue weighted by atomic mass is 9.73. The van der Waals surface area contributed by atoms with Gasteiger partial charge in [0.1, 0.15) is 0 Å². The molecule has 15 heavy (non-hydrogen) atoms. The molecule has 0 fully saturated rings. The summed E-state index contributed by atoms with van der Waals surface area (Å²) >= 11 is 0. The van der Waals surface area contributed by atoms with Crippen molar-refractivity contribution in [2.45, 2.75) is 40.0 Å². The molecule has 1 aliphatic rings. The number of ketones is 1. The second kappa shape index (κ2) is 4.93. The van der Waals surface area contributed by atoms with Gasteiger partial charge in [-0.2, -0.15) is 0 Å². The van der Waals surface area contributed by atoms with E-state index in [1.165, 1.54) is 5.57 Å². The molecule has 0 aromatic rings. The number of allylic oxidation sites excluding steroid dienone is 2. The topological polar surface area (TPSA) is 26.3 Å². The van der Waals surface area contributed by atoms with Crippen molar-refractivity contribution in [3.63, 3.8) is 0 Å². The van der Waals surface area contributed by atoms with Crippen LogP contribution in [-0.2, 0) is 9.53 Å². The standard InChI is InChI=1S/C13H22O2/c1-10(5-6-15-4)11-7-12(14)9-13(2,3)8-11/h7,10H,5-6,8-9H2,1-4H3. The molecule has 0 saturated heterocycles. The van der Waals surface area contributed by atoms with Crippen molar-refractivity contribution in [2.75, 3.05) is 13.7 Å². The van der Waals surface area contributed by atoms with Gasteiger partial charge in [-0.25, -0.2) is 0 Å². The molecule has 0 aromatic heterocycles. The zero-order valence-corrected chi connectivity index (χ0v) is 10.3. The van der Waals surface area contributed by atoms with E-state index >= 15 is 0 Å². The molecule has 0 spiro atoms. The van der Waals surface area contributed by atoms with Crippen molar-refractivity contribution in [3.8, 4) is 0 Å². The van der Waals surface area contributed by atoms with Crippen LogP contribution < -0.4 is 0 Å². The average molecular weight is 210 g/mol. The molecule has 0 radical (unpaired) electrons. The van der Waals surface area contributed by atoms with Crippen LogP contribution in [0.4, 0.5) is 0 Å². The molecule has 86 valence electrons. The van der Waals surface area contributed by atoms with Crippen LogP contribution in [0.2, 0.25) is 0 Å². The first-order chi connectivity index (χ1) is 6.94. The van der Waals surface area contributed by atoms with Gasteiger partial charge >= 0.3 is 0 Å². The predicted octanol–water partition coefficient (Wildman–Crippen LogP) is 2.97. The lowest BCUT2D eigenvalue weighted by Crippen LogP contribution is -2.24. The molecule has 0 aliphatic heterocycles. The van der Waals surface area contributed by atoms with E-state index in [4.69, 9.17) is 4.74 Å². The minimum Gasteiger partial charge on any atom is -0.385 e. The molecule has 0 aromatic carbocycles. The molecule has 2 heteroatoms. The molecule has 1 aliphatic carbocycles. The molecular formula is C13H22O2. The summed E-state index contributed by atoms with van der Waals surface area (Å²) in [5.41, 5.74) is 1.44. The van der Waals surface area contributed by atoms with Gasteiger partial charge in [-0.15, -0.1) is 0 Å². The van der Waals surface area contributed by atoms with E-state index in [0.29, 0.717) is 12.3 Å². The van der Waals surface area contributed by atoms with E-state index in [9.17, 15) is 4.79 Å². The Hall–Kier alpha value is -0.630. The molecule has 1 unspecified atom stereocenters. The van der Waals surface area contributed by atoms with Crippen LogP contribution in [0.5, 0.6) is 0 Å². The summed E-state index contributed by atoms with van der Waals surface area (Å²) in [4.78, 5) is 11.6. The first-order valence-electron chi connectivity index (χ1n) is 5.67. The second-order valence-corrected chi connectivity index (χ2v) is 5.39. The molecule has 0 saturated carbocycles. The van der Waals surface area contributed by atoms with Crippen LogP contribution in [0.3, 0.4) is 0 Å². The maximum atomic E-state index is 11.6. The van der Waals surface area contributed by atoms with Crippen molar-refractivity contribution in [1.29, 1.82) is 0 Å². The van der Waals surface area contributed by atoms with Crippen LogP contribution in [-0.4, -0.2) is 19.5 Å². The Labute approximate surface area is 92.7 Å². The third-order valence-corrected chi connectivity index (χ3v) is 3.07. The van der Waals surface area contributed by atoms with Crippen molar-refractivity contribution >= 4 is 5.78 Å². The highest BCUT2D eigenvalue weighted by Gasteiger charge is 2.29. The van der Waals surface area contributed by atoms with Gasteiger partial charge in [-0.05, 0) is 30.3 Å². The highest BCUT2D eigenvalue weighted by atomic mass is 16.5. The average Bonchev–Trinajstić information content (AvgIpc) is 2.10. The van der Waals surface area contributed by atoms with Crippen LogP contribution in [0.25, 0.3) is 0 Å². The Morgan fingerprint density at radius 1 is 1.47 bits per heavy atom. The Kier molecular flexibility index (Phi) is 4.09. The molecule has 1 rings (SSSR count). The third-order valence-electron chi connectivity index (χ3n) is 3.07. The first-order valence-corrected chi connectivity index (χ1v) is 5.67. The minimum absolute atomic E-state index is 0.141. The molecule has 1 atom stereocenters. The summed E-state index contributed by atoms with van der Waals surface area (Å²) in [7, 11) is 1.72. The lowest BCUT2D eigenvalue weighted by molar-refractivity contribution is -0.117. The van der Waals surface area contributed by atoms with Gasteiger partial charge in [0.2, 0.25) is 0 Å². The smallest absolute Gasteiger partial charge is 0.156 e. The van der Waals surface area contributed by atoms with Gasteiger partial charge in [0, 0.05) is 20.1 Å². The number of carbonyl (C=O) groups excluding carboxylic acids is 1. The molecule has 0 heterocycles. The van der Waals surface area contributed by atoms with Gasteiger partial charge in [-0.3, -0.25) is 4.79 Å². The number of ether oxygens (including phenoxy) is 1. The van der Waals surface area contributed by atoms with Crippen molar-refractivity contribution in [1.82, 2.24) is 0 Å². The van der Waals surface area contributed by atoms with Crippen LogP contribution in [0, 0.1) is 11.3 Å². The predicted molar refractivity (Wildman–Crippen MR) is 61.8 cm³/mol. The lowest BCUT2D eigenvalue weighted by Gasteiger charge is -2.31. The highest BCUT2D eigenvalue weighted by Crippen LogP contribution is 2.37. The second-order valence-electron chi connectivity index (χ2n) is 5.39. The number of methoxy groups -OCH3 is 1. The highest BCUT2D eigenvalue weighted by molar-refractivity contribution is 5.91. The van der Waals surface area contributed by atoms with Crippen LogP contribution >= 0.6 is 0 Å². The molecule has 2 nitrogen and oxygen atoms in total. The summed E-state index contributed by atoms with van der Waals surface area (Å²) < 4.78 is 5.07. The maximum absolute atomic E-state index is 11.6. The Bertz CT molecular complexity index is 264. The van der Waals surface area contributed by atoms with Gasteiger partial charge in [0.25, 0.3) is 0 Å². The normalized spacial score (nSPS) is 22.4. The molecule has 0 bridgehead atoms. The quantitative estimate of drug-likeness (QED) is 0.713. The van der Waals surface area contributed by atoms with E-state index in [1.54, 1.807) is 7.11 Å². The van der Waals surface area contributed by atoms with Crippen LogP contribution in [0.1, 0.15) is 40.0 Å². The van der Waals surface area contributed by atoms with E-state index in [-0.39, 0.29) is 11.2 Å². The maximum Gasteiger partial charge on any atom is 0.156 e. The minimum atomic E-state index is 0.141. The SMILES string of the molecule is COCCC(C)C1=CC(=O)CC(C)(C)C1. The third kappa shape index (κ3) is 3.78. The summed E-state index contributed by atoms with van der Waals surface area (Å²) in [6, 6.07) is 0. The Balaban J connectivity index is 2.64. The number of carbonyl (C=O) groups is 1. The van der Waals surface area contributed by atoms with E-state index in [2.05, 4.69) is 20.8 Å². The largest absolute Gasteiger partial charge is 0.385 e. The van der Waals surface area contributed by atoms with Crippen LogP contribution in [0.15, 0.2) is 11.6 Å². The van der Waals surface area contributed by atoms with Crippen molar-refractivity contribution < 1.29 is 9.53 Å². The zero-order valence-electron chi connectivity index (χ0n) is 10.3.